The molecule has 1 saturated heterocycles. The van der Waals surface area contributed by atoms with Crippen LogP contribution in [0.15, 0.2) is 28.8 Å². The highest BCUT2D eigenvalue weighted by atomic mass is 16.5. The molecule has 0 aliphatic carbocycles. The van der Waals surface area contributed by atoms with Crippen LogP contribution in [0.25, 0.3) is 11.5 Å². The van der Waals surface area contributed by atoms with E-state index < -0.39 is 0 Å². The van der Waals surface area contributed by atoms with Gasteiger partial charge in [-0.05, 0) is 38.1 Å². The van der Waals surface area contributed by atoms with E-state index in [-0.39, 0.29) is 5.91 Å². The molecule has 0 saturated carbocycles. The smallest absolute Gasteiger partial charge is 0.257 e. The molecule has 1 N–H and O–H groups in total. The molecule has 1 aromatic carbocycles. The van der Waals surface area contributed by atoms with Crippen LogP contribution in [0.3, 0.4) is 0 Å². The number of hydrogen-bond acceptors (Lipinski definition) is 5. The molecule has 23 heavy (non-hydrogen) atoms. The first kappa shape index (κ1) is 15.7. The van der Waals surface area contributed by atoms with Crippen LogP contribution >= 0.6 is 0 Å². The van der Waals surface area contributed by atoms with Gasteiger partial charge < -0.3 is 14.7 Å². The fourth-order valence-corrected chi connectivity index (χ4v) is 2.67. The second-order valence-electron chi connectivity index (χ2n) is 6.03. The molecule has 1 aromatic heterocycles. The Balaban J connectivity index is 1.66. The van der Waals surface area contributed by atoms with Gasteiger partial charge in [-0.25, -0.2) is 0 Å². The van der Waals surface area contributed by atoms with Crippen LogP contribution in [0.1, 0.15) is 31.2 Å². The Morgan fingerprint density at radius 1 is 1.35 bits per heavy atom. The average molecular weight is 314 g/mol. The van der Waals surface area contributed by atoms with Gasteiger partial charge in [0, 0.05) is 37.5 Å². The monoisotopic (exact) mass is 314 g/mol. The molecule has 122 valence electrons. The van der Waals surface area contributed by atoms with E-state index in [2.05, 4.69) is 22.4 Å². The van der Waals surface area contributed by atoms with Crippen molar-refractivity contribution in [1.29, 1.82) is 0 Å². The van der Waals surface area contributed by atoms with Crippen molar-refractivity contribution < 1.29 is 9.32 Å². The predicted molar refractivity (Wildman–Crippen MR) is 86.6 cm³/mol. The van der Waals surface area contributed by atoms with Gasteiger partial charge in [0.1, 0.15) is 0 Å². The number of carbonyl (C=O) groups is 1. The molecule has 1 aliphatic heterocycles. The molecule has 2 aromatic rings. The first-order valence-electron chi connectivity index (χ1n) is 8.02. The van der Waals surface area contributed by atoms with Crippen molar-refractivity contribution in [2.45, 2.75) is 38.8 Å². The lowest BCUT2D eigenvalue weighted by Crippen LogP contribution is -2.24. The van der Waals surface area contributed by atoms with Crippen LogP contribution in [0.4, 0.5) is 0 Å². The fourth-order valence-electron chi connectivity index (χ4n) is 2.67. The van der Waals surface area contributed by atoms with Gasteiger partial charge in [-0.15, -0.1) is 0 Å². The highest BCUT2D eigenvalue weighted by Gasteiger charge is 2.20. The lowest BCUT2D eigenvalue weighted by molar-refractivity contribution is -0.128. The van der Waals surface area contributed by atoms with Crippen molar-refractivity contribution >= 4 is 5.91 Å². The summed E-state index contributed by atoms with van der Waals surface area (Å²) in [4.78, 5) is 18.0. The van der Waals surface area contributed by atoms with Crippen molar-refractivity contribution in [2.24, 2.45) is 0 Å². The summed E-state index contributed by atoms with van der Waals surface area (Å²) >= 11 is 0. The average Bonchev–Trinajstić information content (AvgIpc) is 3.18. The van der Waals surface area contributed by atoms with Crippen LogP contribution in [-0.4, -0.2) is 40.6 Å². The van der Waals surface area contributed by atoms with Gasteiger partial charge in [0.2, 0.25) is 5.91 Å². The van der Waals surface area contributed by atoms with Crippen molar-refractivity contribution in [3.05, 3.63) is 35.7 Å². The molecular weight excluding hydrogens is 292 g/mol. The second kappa shape index (κ2) is 6.91. The zero-order valence-electron chi connectivity index (χ0n) is 13.6. The number of benzene rings is 1. The molecule has 1 aliphatic rings. The molecule has 0 bridgehead atoms. The number of carbonyl (C=O) groups excluding carboxylic acids is 1. The number of likely N-dealkylation sites (tertiary alicyclic amines) is 1. The van der Waals surface area contributed by atoms with Gasteiger partial charge >= 0.3 is 0 Å². The van der Waals surface area contributed by atoms with E-state index in [0.717, 1.165) is 30.5 Å². The summed E-state index contributed by atoms with van der Waals surface area (Å²) < 4.78 is 5.33. The summed E-state index contributed by atoms with van der Waals surface area (Å²) in [6.07, 6.45) is 2.37. The Labute approximate surface area is 135 Å². The van der Waals surface area contributed by atoms with Gasteiger partial charge in [0.25, 0.3) is 5.89 Å². The molecule has 1 atom stereocenters. The van der Waals surface area contributed by atoms with Crippen molar-refractivity contribution in [2.75, 3.05) is 13.6 Å². The Bertz CT molecular complexity index is 665. The van der Waals surface area contributed by atoms with Crippen LogP contribution in [0.2, 0.25) is 0 Å². The molecule has 3 rings (SSSR count). The molecule has 1 fully saturated rings. The molecule has 6 heteroatoms. The number of likely N-dealkylation sites (N-methyl/N-ethyl adjacent to an activating group) is 1. The summed E-state index contributed by atoms with van der Waals surface area (Å²) in [5, 5.41) is 7.17. The third-order valence-electron chi connectivity index (χ3n) is 4.20. The summed E-state index contributed by atoms with van der Waals surface area (Å²) in [7, 11) is 1.91. The Morgan fingerprint density at radius 3 is 2.78 bits per heavy atom. The second-order valence-corrected chi connectivity index (χ2v) is 6.03. The zero-order valence-corrected chi connectivity index (χ0v) is 13.6. The normalized spacial score (nSPS) is 16.1. The minimum Gasteiger partial charge on any atom is -0.338 e. The number of nitrogens with one attached hydrogen (secondary N) is 1. The predicted octanol–water partition coefficient (Wildman–Crippen LogP) is 2.01. The first-order valence-corrected chi connectivity index (χ1v) is 8.02. The van der Waals surface area contributed by atoms with Gasteiger partial charge in [-0.2, -0.15) is 4.98 Å². The maximum absolute atomic E-state index is 11.7. The maximum atomic E-state index is 11.7. The highest BCUT2D eigenvalue weighted by Crippen LogP contribution is 2.20. The van der Waals surface area contributed by atoms with Gasteiger partial charge in [0.15, 0.2) is 5.82 Å². The molecule has 1 amide bonds. The van der Waals surface area contributed by atoms with E-state index in [0.29, 0.717) is 30.7 Å². The van der Waals surface area contributed by atoms with E-state index in [9.17, 15) is 4.79 Å². The lowest BCUT2D eigenvalue weighted by Gasteiger charge is -2.15. The van der Waals surface area contributed by atoms with Gasteiger partial charge in [-0.1, -0.05) is 17.3 Å². The molecule has 6 nitrogen and oxygen atoms in total. The number of nitrogens with zero attached hydrogens (tertiary/aromatic N) is 3. The maximum Gasteiger partial charge on any atom is 0.257 e. The highest BCUT2D eigenvalue weighted by molar-refractivity contribution is 5.78. The molecule has 2 heterocycles. The standard InChI is InChI=1S/C17H22N4O2/c1-12(18-2)10-15-19-17(23-20-15)14-7-5-13(6-8-14)11-21-9-3-4-16(21)22/h5-8,12,18H,3-4,9-11H2,1-2H3. The number of hydrogen-bond donors (Lipinski definition) is 1. The number of rotatable bonds is 6. The minimum absolute atomic E-state index is 0.245. The van der Waals surface area contributed by atoms with Crippen molar-refractivity contribution in [1.82, 2.24) is 20.4 Å². The summed E-state index contributed by atoms with van der Waals surface area (Å²) in [6.45, 7) is 3.61. The van der Waals surface area contributed by atoms with Crippen molar-refractivity contribution in [3.63, 3.8) is 0 Å². The lowest BCUT2D eigenvalue weighted by atomic mass is 10.1. The zero-order chi connectivity index (χ0) is 16.2. The quantitative estimate of drug-likeness (QED) is 0.883. The summed E-state index contributed by atoms with van der Waals surface area (Å²) in [5.41, 5.74) is 2.02. The topological polar surface area (TPSA) is 71.3 Å². The Hall–Kier alpha value is -2.21. The van der Waals surface area contributed by atoms with E-state index in [4.69, 9.17) is 4.52 Å². The van der Waals surface area contributed by atoms with E-state index in [1.54, 1.807) is 0 Å². The number of amides is 1. The van der Waals surface area contributed by atoms with Crippen LogP contribution < -0.4 is 5.32 Å². The molecule has 0 radical (unpaired) electrons. The van der Waals surface area contributed by atoms with Crippen molar-refractivity contribution in [3.8, 4) is 11.5 Å². The summed E-state index contributed by atoms with van der Waals surface area (Å²) in [6, 6.07) is 8.27. The van der Waals surface area contributed by atoms with Crippen LogP contribution in [0.5, 0.6) is 0 Å². The minimum atomic E-state index is 0.245. The van der Waals surface area contributed by atoms with Crippen LogP contribution in [-0.2, 0) is 17.8 Å². The molecule has 1 unspecified atom stereocenters. The Kier molecular flexibility index (Phi) is 4.71. The fraction of sp³-hybridized carbons (Fsp3) is 0.471. The number of aromatic nitrogens is 2. The molecule has 0 spiro atoms. The SMILES string of the molecule is CNC(C)Cc1noc(-c2ccc(CN3CCCC3=O)cc2)n1. The summed E-state index contributed by atoms with van der Waals surface area (Å²) in [5.74, 6) is 1.48. The van der Waals surface area contributed by atoms with Crippen LogP contribution in [0, 0.1) is 0 Å². The first-order chi connectivity index (χ1) is 11.2. The van der Waals surface area contributed by atoms with Gasteiger partial charge in [0.05, 0.1) is 0 Å². The van der Waals surface area contributed by atoms with E-state index in [1.165, 1.54) is 0 Å². The van der Waals surface area contributed by atoms with Gasteiger partial charge in [-0.3, -0.25) is 4.79 Å². The largest absolute Gasteiger partial charge is 0.338 e. The van der Waals surface area contributed by atoms with E-state index >= 15 is 0 Å². The van der Waals surface area contributed by atoms with E-state index in [1.807, 2.05) is 36.2 Å². The third kappa shape index (κ3) is 3.76. The molecular formula is C17H22N4O2. The third-order valence-corrected chi connectivity index (χ3v) is 4.20. The Morgan fingerprint density at radius 2 is 2.13 bits per heavy atom.